The van der Waals surface area contributed by atoms with Crippen LogP contribution in [0.2, 0.25) is 18.1 Å². The normalized spacial score (nSPS) is 25.1. The van der Waals surface area contributed by atoms with Crippen LogP contribution in [0.3, 0.4) is 0 Å². The Kier molecular flexibility index (Phi) is 4.82. The molecule has 0 aromatic rings. The van der Waals surface area contributed by atoms with Gasteiger partial charge in [0.2, 0.25) is 0 Å². The summed E-state index contributed by atoms with van der Waals surface area (Å²) in [5.41, 5.74) is 1.41. The maximum Gasteiger partial charge on any atom is 0.173 e. The van der Waals surface area contributed by atoms with Gasteiger partial charge in [0.1, 0.15) is 0 Å². The third-order valence-electron chi connectivity index (χ3n) is 5.41. The second-order valence-electron chi connectivity index (χ2n) is 9.32. The Bertz CT molecular complexity index is 416. The molecule has 1 aliphatic carbocycles. The van der Waals surface area contributed by atoms with E-state index in [0.29, 0.717) is 5.04 Å². The topological polar surface area (TPSA) is 42.8 Å². The molecule has 1 N–H and O–H groups in total. The van der Waals surface area contributed by atoms with E-state index in [-0.39, 0.29) is 11.2 Å². The van der Waals surface area contributed by atoms with Gasteiger partial charge in [-0.05, 0) is 31.0 Å². The first-order valence-electron chi connectivity index (χ1n) is 8.55. The predicted molar refractivity (Wildman–Crippen MR) is 94.7 cm³/mol. The van der Waals surface area contributed by atoms with Gasteiger partial charge in [0.25, 0.3) is 0 Å². The minimum absolute atomic E-state index is 0.142. The van der Waals surface area contributed by atoms with Crippen LogP contribution >= 0.6 is 0 Å². The molecule has 0 amide bonds. The zero-order valence-electron chi connectivity index (χ0n) is 15.5. The van der Waals surface area contributed by atoms with Crippen molar-refractivity contribution < 1.29 is 9.47 Å². The fourth-order valence-electron chi connectivity index (χ4n) is 2.44. The molecule has 1 saturated carbocycles. The maximum absolute atomic E-state index is 6.08. The molecule has 2 rings (SSSR count). The van der Waals surface area contributed by atoms with Crippen LogP contribution in [0.4, 0.5) is 0 Å². The molecule has 128 valence electrons. The SMILES string of the molecule is CC1(C)COC2(CCC(=NN[Si](C)(C)C(C)(C)C)CC2)OC1. The molecule has 5 heteroatoms. The first kappa shape index (κ1) is 18.0. The summed E-state index contributed by atoms with van der Waals surface area (Å²) < 4.78 is 12.2. The molecule has 1 spiro atoms. The highest BCUT2D eigenvalue weighted by molar-refractivity contribution is 6.77. The molecule has 0 aromatic heterocycles. The van der Waals surface area contributed by atoms with Crippen LogP contribution < -0.4 is 5.09 Å². The summed E-state index contributed by atoms with van der Waals surface area (Å²) in [4.78, 5) is 0. The molecule has 22 heavy (non-hydrogen) atoms. The molecule has 0 aromatic carbocycles. The van der Waals surface area contributed by atoms with E-state index in [1.807, 2.05) is 0 Å². The molecule has 0 radical (unpaired) electrons. The van der Waals surface area contributed by atoms with Gasteiger partial charge in [0.05, 0.1) is 13.2 Å². The van der Waals surface area contributed by atoms with E-state index < -0.39 is 8.24 Å². The summed E-state index contributed by atoms with van der Waals surface area (Å²) in [7, 11) is -1.56. The second kappa shape index (κ2) is 5.91. The van der Waals surface area contributed by atoms with Crippen molar-refractivity contribution in [1.29, 1.82) is 0 Å². The van der Waals surface area contributed by atoms with Crippen molar-refractivity contribution in [1.82, 2.24) is 5.09 Å². The van der Waals surface area contributed by atoms with E-state index >= 15 is 0 Å². The van der Waals surface area contributed by atoms with Crippen molar-refractivity contribution in [2.45, 2.75) is 84.2 Å². The number of hydrogen-bond acceptors (Lipinski definition) is 4. The quantitative estimate of drug-likeness (QED) is 0.608. The first-order valence-corrected chi connectivity index (χ1v) is 11.6. The van der Waals surface area contributed by atoms with Gasteiger partial charge in [0.15, 0.2) is 14.0 Å². The average molecular weight is 327 g/mol. The molecule has 0 atom stereocenters. The molecular formula is C17H34N2O2Si. The number of hydrogen-bond donors (Lipinski definition) is 1. The Hall–Kier alpha value is -0.393. The molecule has 4 nitrogen and oxygen atoms in total. The summed E-state index contributed by atoms with van der Waals surface area (Å²) >= 11 is 0. The van der Waals surface area contributed by atoms with Crippen molar-refractivity contribution in [3.63, 3.8) is 0 Å². The molecule has 2 aliphatic rings. The van der Waals surface area contributed by atoms with Gasteiger partial charge in [-0.3, -0.25) is 0 Å². The number of hydrazone groups is 1. The number of ether oxygens (including phenoxy) is 2. The lowest BCUT2D eigenvalue weighted by Gasteiger charge is -2.45. The van der Waals surface area contributed by atoms with Gasteiger partial charge < -0.3 is 14.6 Å². The Balaban J connectivity index is 1.89. The van der Waals surface area contributed by atoms with Crippen molar-refractivity contribution in [2.75, 3.05) is 13.2 Å². The van der Waals surface area contributed by atoms with Crippen molar-refractivity contribution in [2.24, 2.45) is 10.5 Å². The predicted octanol–water partition coefficient (Wildman–Crippen LogP) is 4.28. The highest BCUT2D eigenvalue weighted by Crippen LogP contribution is 2.39. The molecule has 0 bridgehead atoms. The molecule has 2 fully saturated rings. The number of nitrogens with one attached hydrogen (secondary N) is 1. The first-order chi connectivity index (χ1) is 9.95. The van der Waals surface area contributed by atoms with E-state index in [2.05, 4.69) is 52.8 Å². The average Bonchev–Trinajstić information content (AvgIpc) is 2.41. The van der Waals surface area contributed by atoms with E-state index in [1.165, 1.54) is 5.71 Å². The van der Waals surface area contributed by atoms with Crippen molar-refractivity contribution >= 4 is 13.9 Å². The van der Waals surface area contributed by atoms with Crippen LogP contribution in [0.15, 0.2) is 5.10 Å². The van der Waals surface area contributed by atoms with Gasteiger partial charge in [-0.25, -0.2) is 0 Å². The third kappa shape index (κ3) is 4.12. The monoisotopic (exact) mass is 326 g/mol. The zero-order valence-corrected chi connectivity index (χ0v) is 16.5. The number of rotatable bonds is 2. The van der Waals surface area contributed by atoms with E-state index in [4.69, 9.17) is 14.6 Å². The lowest BCUT2D eigenvalue weighted by molar-refractivity contribution is -0.305. The Morgan fingerprint density at radius 3 is 2.00 bits per heavy atom. The molecule has 1 saturated heterocycles. The third-order valence-corrected chi connectivity index (χ3v) is 9.83. The van der Waals surface area contributed by atoms with Crippen molar-refractivity contribution in [3.05, 3.63) is 0 Å². The van der Waals surface area contributed by atoms with E-state index in [9.17, 15) is 0 Å². The van der Waals surface area contributed by atoms with Gasteiger partial charge in [-0.1, -0.05) is 34.6 Å². The Labute approximate surface area is 137 Å². The summed E-state index contributed by atoms with van der Waals surface area (Å²) in [5.74, 6) is -0.342. The lowest BCUT2D eigenvalue weighted by atomic mass is 9.88. The summed E-state index contributed by atoms with van der Waals surface area (Å²) in [6, 6.07) is 0. The molecule has 0 unspecified atom stereocenters. The van der Waals surface area contributed by atoms with E-state index in [1.54, 1.807) is 0 Å². The smallest absolute Gasteiger partial charge is 0.173 e. The summed E-state index contributed by atoms with van der Waals surface area (Å²) in [5, 5.41) is 8.56. The fraction of sp³-hybridized carbons (Fsp3) is 0.941. The van der Waals surface area contributed by atoms with Crippen molar-refractivity contribution in [3.8, 4) is 0 Å². The molecule has 1 aliphatic heterocycles. The Morgan fingerprint density at radius 2 is 1.55 bits per heavy atom. The highest BCUT2D eigenvalue weighted by Gasteiger charge is 2.42. The van der Waals surface area contributed by atoms with Gasteiger partial charge in [-0.15, -0.1) is 0 Å². The lowest BCUT2D eigenvalue weighted by Crippen LogP contribution is -2.51. The highest BCUT2D eigenvalue weighted by atomic mass is 28.3. The van der Waals surface area contributed by atoms with Crippen LogP contribution in [0.1, 0.15) is 60.3 Å². The summed E-state index contributed by atoms with van der Waals surface area (Å²) in [6.45, 7) is 17.6. The second-order valence-corrected chi connectivity index (χ2v) is 14.3. The molecular weight excluding hydrogens is 292 g/mol. The standard InChI is InChI=1S/C17H34N2O2Si/c1-15(2,3)22(6,7)19-18-14-8-10-17(11-9-14)20-12-16(4,5)13-21-17/h19H,8-13H2,1-7H3. The Morgan fingerprint density at radius 1 is 1.05 bits per heavy atom. The minimum atomic E-state index is -1.56. The van der Waals surface area contributed by atoms with Gasteiger partial charge in [0, 0.05) is 24.0 Å². The number of nitrogens with zero attached hydrogens (tertiary/aromatic N) is 1. The fourth-order valence-corrected chi connectivity index (χ4v) is 3.22. The van der Waals surface area contributed by atoms with E-state index in [0.717, 1.165) is 38.9 Å². The van der Waals surface area contributed by atoms with Crippen LogP contribution in [0, 0.1) is 5.41 Å². The van der Waals surface area contributed by atoms with Gasteiger partial charge >= 0.3 is 0 Å². The molecule has 1 heterocycles. The van der Waals surface area contributed by atoms with Gasteiger partial charge in [-0.2, -0.15) is 5.10 Å². The van der Waals surface area contributed by atoms with Crippen LogP contribution in [-0.4, -0.2) is 32.9 Å². The minimum Gasteiger partial charge on any atom is -0.349 e. The van der Waals surface area contributed by atoms with Crippen LogP contribution in [0.25, 0.3) is 0 Å². The summed E-state index contributed by atoms with van der Waals surface area (Å²) in [6.07, 6.45) is 3.81. The van der Waals surface area contributed by atoms with Crippen LogP contribution in [-0.2, 0) is 9.47 Å². The maximum atomic E-state index is 6.08. The van der Waals surface area contributed by atoms with Crippen LogP contribution in [0.5, 0.6) is 0 Å². The largest absolute Gasteiger partial charge is 0.349 e. The zero-order chi connectivity index (χ0) is 16.6.